The molecule has 2 N–H and O–H groups in total. The number of guanidine groups is 1. The molecule has 1 saturated heterocycles. The molecule has 0 aromatic carbocycles. The van der Waals surface area contributed by atoms with Crippen molar-refractivity contribution in [2.24, 2.45) is 4.99 Å². The maximum Gasteiger partial charge on any atom is 0.228 e. The predicted molar refractivity (Wildman–Crippen MR) is 97.9 cm³/mol. The zero-order valence-electron chi connectivity index (χ0n) is 15.8. The molecule has 0 atom stereocenters. The number of hydrogen-bond donors (Lipinski definition) is 2. The van der Waals surface area contributed by atoms with Crippen LogP contribution in [0.1, 0.15) is 44.8 Å². The zero-order valence-corrected chi connectivity index (χ0v) is 15.8. The van der Waals surface area contributed by atoms with Crippen molar-refractivity contribution in [3.63, 3.8) is 0 Å². The topological polar surface area (TPSA) is 87.8 Å². The smallest absolute Gasteiger partial charge is 0.228 e. The second kappa shape index (κ2) is 11.0. The second-order valence-electron chi connectivity index (χ2n) is 6.45. The summed E-state index contributed by atoms with van der Waals surface area (Å²) < 4.78 is 10.6. The number of rotatable bonds is 9. The van der Waals surface area contributed by atoms with Crippen molar-refractivity contribution >= 4 is 5.96 Å². The molecule has 8 heteroatoms. The Kier molecular flexibility index (Phi) is 8.68. The molecule has 2 heterocycles. The first-order valence-electron chi connectivity index (χ1n) is 9.33. The molecular weight excluding hydrogens is 320 g/mol. The van der Waals surface area contributed by atoms with E-state index in [-0.39, 0.29) is 5.92 Å². The molecule has 8 nitrogen and oxygen atoms in total. The zero-order chi connectivity index (χ0) is 17.9. The third kappa shape index (κ3) is 7.39. The Balaban J connectivity index is 1.67. The van der Waals surface area contributed by atoms with E-state index in [1.807, 2.05) is 0 Å². The van der Waals surface area contributed by atoms with Gasteiger partial charge in [-0.25, -0.2) is 0 Å². The number of morpholine rings is 1. The number of nitrogens with zero attached hydrogens (tertiary/aromatic N) is 4. The third-order valence-corrected chi connectivity index (χ3v) is 3.98. The van der Waals surface area contributed by atoms with Crippen molar-refractivity contribution in [1.29, 1.82) is 0 Å². The van der Waals surface area contributed by atoms with E-state index < -0.39 is 0 Å². The molecular formula is C17H32N6O2. The summed E-state index contributed by atoms with van der Waals surface area (Å²) in [6, 6.07) is 0. The fourth-order valence-electron chi connectivity index (χ4n) is 2.54. The van der Waals surface area contributed by atoms with Crippen LogP contribution in [0.25, 0.3) is 0 Å². The fraction of sp³-hybridized carbons (Fsp3) is 0.824. The lowest BCUT2D eigenvalue weighted by molar-refractivity contribution is 0.0377. The van der Waals surface area contributed by atoms with Crippen LogP contribution in [0.4, 0.5) is 0 Å². The average Bonchev–Trinajstić information content (AvgIpc) is 3.09. The van der Waals surface area contributed by atoms with Gasteiger partial charge in [-0.15, -0.1) is 0 Å². The van der Waals surface area contributed by atoms with Gasteiger partial charge >= 0.3 is 0 Å². The Bertz CT molecular complexity index is 511. The van der Waals surface area contributed by atoms with E-state index in [9.17, 15) is 0 Å². The maximum atomic E-state index is 5.36. The van der Waals surface area contributed by atoms with E-state index in [1.165, 1.54) is 0 Å². The first-order valence-corrected chi connectivity index (χ1v) is 9.33. The van der Waals surface area contributed by atoms with Gasteiger partial charge in [0.15, 0.2) is 11.8 Å². The molecule has 0 saturated carbocycles. The van der Waals surface area contributed by atoms with Crippen molar-refractivity contribution in [3.8, 4) is 0 Å². The van der Waals surface area contributed by atoms with Crippen LogP contribution in [0.3, 0.4) is 0 Å². The van der Waals surface area contributed by atoms with Crippen LogP contribution < -0.4 is 10.6 Å². The maximum absolute atomic E-state index is 5.36. The lowest BCUT2D eigenvalue weighted by Crippen LogP contribution is -2.39. The molecule has 0 unspecified atom stereocenters. The summed E-state index contributed by atoms with van der Waals surface area (Å²) in [5, 5.41) is 10.6. The van der Waals surface area contributed by atoms with Crippen molar-refractivity contribution in [3.05, 3.63) is 11.7 Å². The SMILES string of the molecule is CCNC(=NCCCN1CCOCC1)NCCc1nc(C(C)C)no1. The predicted octanol–water partition coefficient (Wildman–Crippen LogP) is 1.01. The third-order valence-electron chi connectivity index (χ3n) is 3.98. The second-order valence-corrected chi connectivity index (χ2v) is 6.45. The van der Waals surface area contributed by atoms with Gasteiger partial charge in [0.2, 0.25) is 5.89 Å². The van der Waals surface area contributed by atoms with Gasteiger partial charge in [-0.3, -0.25) is 9.89 Å². The molecule has 25 heavy (non-hydrogen) atoms. The Morgan fingerprint density at radius 1 is 1.28 bits per heavy atom. The van der Waals surface area contributed by atoms with Crippen molar-refractivity contribution in [2.75, 3.05) is 52.5 Å². The Hall–Kier alpha value is -1.67. The first kappa shape index (κ1) is 19.7. The van der Waals surface area contributed by atoms with E-state index in [0.29, 0.717) is 12.3 Å². The largest absolute Gasteiger partial charge is 0.379 e. The molecule has 1 aliphatic heterocycles. The monoisotopic (exact) mass is 352 g/mol. The lowest BCUT2D eigenvalue weighted by Gasteiger charge is -2.26. The molecule has 1 aromatic heterocycles. The van der Waals surface area contributed by atoms with Gasteiger partial charge in [0.05, 0.1) is 13.2 Å². The highest BCUT2D eigenvalue weighted by atomic mass is 16.5. The van der Waals surface area contributed by atoms with Crippen molar-refractivity contribution < 1.29 is 9.26 Å². The summed E-state index contributed by atoms with van der Waals surface area (Å²) in [6.45, 7) is 13.4. The Morgan fingerprint density at radius 2 is 2.08 bits per heavy atom. The van der Waals surface area contributed by atoms with Crippen LogP contribution in [0, 0.1) is 0 Å². The number of nitrogens with one attached hydrogen (secondary N) is 2. The molecule has 0 amide bonds. The van der Waals surface area contributed by atoms with Gasteiger partial charge in [-0.2, -0.15) is 4.98 Å². The first-order chi connectivity index (χ1) is 12.2. The summed E-state index contributed by atoms with van der Waals surface area (Å²) in [5.74, 6) is 2.56. The van der Waals surface area contributed by atoms with E-state index >= 15 is 0 Å². The van der Waals surface area contributed by atoms with E-state index in [4.69, 9.17) is 9.26 Å². The van der Waals surface area contributed by atoms with Crippen LogP contribution >= 0.6 is 0 Å². The van der Waals surface area contributed by atoms with Gasteiger partial charge in [0.25, 0.3) is 0 Å². The highest BCUT2D eigenvalue weighted by molar-refractivity contribution is 5.79. The van der Waals surface area contributed by atoms with Crippen molar-refractivity contribution in [2.45, 2.75) is 39.5 Å². The quantitative estimate of drug-likeness (QED) is 0.390. The molecule has 1 aliphatic rings. The summed E-state index contributed by atoms with van der Waals surface area (Å²) in [6.07, 6.45) is 1.75. The van der Waals surface area contributed by atoms with E-state index in [0.717, 1.165) is 70.7 Å². The molecule has 1 fully saturated rings. The molecule has 1 aromatic rings. The molecule has 0 bridgehead atoms. The van der Waals surface area contributed by atoms with Crippen LogP contribution in [-0.4, -0.2) is 73.5 Å². The minimum Gasteiger partial charge on any atom is -0.379 e. The Labute approximate surface area is 150 Å². The average molecular weight is 352 g/mol. The van der Waals surface area contributed by atoms with Crippen LogP contribution in [-0.2, 0) is 11.2 Å². The number of ether oxygens (including phenoxy) is 1. The summed E-state index contributed by atoms with van der Waals surface area (Å²) >= 11 is 0. The number of aromatic nitrogens is 2. The highest BCUT2D eigenvalue weighted by Gasteiger charge is 2.10. The lowest BCUT2D eigenvalue weighted by atomic mass is 10.2. The number of aliphatic imine (C=N–C) groups is 1. The van der Waals surface area contributed by atoms with Gasteiger partial charge < -0.3 is 19.9 Å². The standard InChI is InChI=1S/C17H32N6O2/c1-4-18-17(19-7-5-9-23-10-12-24-13-11-23)20-8-6-15-21-16(14(2)3)22-25-15/h14H,4-13H2,1-3H3,(H2,18,19,20). The highest BCUT2D eigenvalue weighted by Crippen LogP contribution is 2.09. The normalized spacial score (nSPS) is 16.4. The van der Waals surface area contributed by atoms with Crippen molar-refractivity contribution in [1.82, 2.24) is 25.7 Å². The summed E-state index contributed by atoms with van der Waals surface area (Å²) in [7, 11) is 0. The van der Waals surface area contributed by atoms with E-state index in [1.54, 1.807) is 0 Å². The van der Waals surface area contributed by atoms with Crippen LogP contribution in [0.15, 0.2) is 9.52 Å². The minimum atomic E-state index is 0.288. The van der Waals surface area contributed by atoms with Gasteiger partial charge in [-0.1, -0.05) is 19.0 Å². The van der Waals surface area contributed by atoms with E-state index in [2.05, 4.69) is 51.4 Å². The van der Waals surface area contributed by atoms with Gasteiger partial charge in [-0.05, 0) is 13.3 Å². The molecule has 0 aliphatic carbocycles. The molecule has 0 spiro atoms. The molecule has 142 valence electrons. The molecule has 2 rings (SSSR count). The Morgan fingerprint density at radius 3 is 2.76 bits per heavy atom. The van der Waals surface area contributed by atoms with Gasteiger partial charge in [0.1, 0.15) is 0 Å². The van der Waals surface area contributed by atoms with Crippen LogP contribution in [0.5, 0.6) is 0 Å². The van der Waals surface area contributed by atoms with Gasteiger partial charge in [0, 0.05) is 51.6 Å². The summed E-state index contributed by atoms with van der Waals surface area (Å²) in [5.41, 5.74) is 0. The minimum absolute atomic E-state index is 0.288. The van der Waals surface area contributed by atoms with Crippen LogP contribution in [0.2, 0.25) is 0 Å². The number of hydrogen-bond acceptors (Lipinski definition) is 6. The fourth-order valence-corrected chi connectivity index (χ4v) is 2.54. The summed E-state index contributed by atoms with van der Waals surface area (Å²) in [4.78, 5) is 11.5. The molecule has 0 radical (unpaired) electrons.